The maximum absolute atomic E-state index is 13.3. The van der Waals surface area contributed by atoms with Crippen molar-refractivity contribution in [3.63, 3.8) is 0 Å². The Hall–Kier alpha value is -2.11. The van der Waals surface area contributed by atoms with Crippen molar-refractivity contribution in [2.75, 3.05) is 13.7 Å². The van der Waals surface area contributed by atoms with E-state index in [1.54, 1.807) is 11.8 Å². The highest BCUT2D eigenvalue weighted by Gasteiger charge is 2.78. The van der Waals surface area contributed by atoms with Gasteiger partial charge in [-0.25, -0.2) is 4.79 Å². The van der Waals surface area contributed by atoms with Gasteiger partial charge in [-0.15, -0.1) is 0 Å². The van der Waals surface area contributed by atoms with E-state index in [0.29, 0.717) is 30.5 Å². The lowest BCUT2D eigenvalue weighted by atomic mass is 9.72. The topological polar surface area (TPSA) is 72.9 Å². The number of amides is 1. The molecule has 2 spiro atoms. The monoisotopic (exact) mass is 331 g/mol. The minimum Gasteiger partial charge on any atom is -0.496 e. The van der Waals surface area contributed by atoms with Crippen molar-refractivity contribution in [2.45, 2.75) is 50.2 Å². The Bertz CT molecular complexity index is 723. The van der Waals surface area contributed by atoms with E-state index < -0.39 is 17.1 Å². The summed E-state index contributed by atoms with van der Waals surface area (Å²) < 4.78 is 11.3. The van der Waals surface area contributed by atoms with Crippen molar-refractivity contribution in [3.8, 4) is 0 Å². The summed E-state index contributed by atoms with van der Waals surface area (Å²) in [7, 11) is 1.44. The summed E-state index contributed by atoms with van der Waals surface area (Å²) in [6, 6.07) is 0. The lowest BCUT2D eigenvalue weighted by Gasteiger charge is -2.46. The zero-order valence-electron chi connectivity index (χ0n) is 14.0. The fourth-order valence-corrected chi connectivity index (χ4v) is 5.34. The Kier molecular flexibility index (Phi) is 3.03. The summed E-state index contributed by atoms with van der Waals surface area (Å²) >= 11 is 0. The van der Waals surface area contributed by atoms with Crippen molar-refractivity contribution in [3.05, 3.63) is 23.5 Å². The molecule has 2 saturated heterocycles. The average Bonchev–Trinajstić information content (AvgIpc) is 3.00. The lowest BCUT2D eigenvalue weighted by Crippen LogP contribution is -2.65. The number of ether oxygens (including phenoxy) is 2. The fourth-order valence-electron chi connectivity index (χ4n) is 5.34. The molecule has 1 amide bonds. The van der Waals surface area contributed by atoms with Gasteiger partial charge in [-0.05, 0) is 31.8 Å². The van der Waals surface area contributed by atoms with Crippen LogP contribution in [0.2, 0.25) is 0 Å². The molecule has 128 valence electrons. The predicted octanol–water partition coefficient (Wildman–Crippen LogP) is 1.50. The van der Waals surface area contributed by atoms with Gasteiger partial charge in [0.15, 0.2) is 5.76 Å². The molecule has 0 unspecified atom stereocenters. The van der Waals surface area contributed by atoms with Crippen LogP contribution in [0.1, 0.15) is 39.0 Å². The Morgan fingerprint density at radius 3 is 2.75 bits per heavy atom. The number of carbonyl (C=O) groups is 3. The smallest absolute Gasteiger partial charge is 0.338 e. The van der Waals surface area contributed by atoms with Crippen molar-refractivity contribution in [1.29, 1.82) is 0 Å². The Morgan fingerprint density at radius 1 is 1.29 bits per heavy atom. The highest BCUT2D eigenvalue weighted by molar-refractivity contribution is 6.14. The Morgan fingerprint density at radius 2 is 2.04 bits per heavy atom. The average molecular weight is 331 g/mol. The number of hydrogen-bond acceptors (Lipinski definition) is 5. The number of methoxy groups -OCH3 is 1. The second-order valence-electron chi connectivity index (χ2n) is 7.10. The molecule has 3 aliphatic heterocycles. The van der Waals surface area contributed by atoms with E-state index in [9.17, 15) is 14.4 Å². The van der Waals surface area contributed by atoms with Gasteiger partial charge in [0.2, 0.25) is 11.7 Å². The summed E-state index contributed by atoms with van der Waals surface area (Å²) in [4.78, 5) is 40.0. The Labute approximate surface area is 140 Å². The van der Waals surface area contributed by atoms with Crippen LogP contribution in [0.15, 0.2) is 23.5 Å². The van der Waals surface area contributed by atoms with E-state index in [0.717, 1.165) is 19.3 Å². The van der Waals surface area contributed by atoms with Gasteiger partial charge in [-0.3, -0.25) is 9.59 Å². The molecule has 1 aliphatic carbocycles. The van der Waals surface area contributed by atoms with Crippen LogP contribution in [-0.2, 0) is 23.9 Å². The number of rotatable bonds is 1. The van der Waals surface area contributed by atoms with E-state index in [4.69, 9.17) is 9.47 Å². The molecule has 0 N–H and O–H groups in total. The van der Waals surface area contributed by atoms with Crippen molar-refractivity contribution >= 4 is 17.7 Å². The maximum Gasteiger partial charge on any atom is 0.338 e. The van der Waals surface area contributed by atoms with Crippen molar-refractivity contribution in [1.82, 2.24) is 4.90 Å². The molecule has 1 saturated carbocycles. The van der Waals surface area contributed by atoms with E-state index in [1.807, 2.05) is 0 Å². The molecule has 6 nitrogen and oxygen atoms in total. The van der Waals surface area contributed by atoms with Gasteiger partial charge < -0.3 is 14.4 Å². The van der Waals surface area contributed by atoms with Gasteiger partial charge >= 0.3 is 5.97 Å². The lowest BCUT2D eigenvalue weighted by molar-refractivity contribution is -0.171. The number of ketones is 1. The molecule has 6 heteroatoms. The Balaban J connectivity index is 2.03. The molecule has 3 fully saturated rings. The van der Waals surface area contributed by atoms with Gasteiger partial charge in [-0.1, -0.05) is 13.0 Å². The molecule has 0 aromatic heterocycles. The van der Waals surface area contributed by atoms with Crippen LogP contribution >= 0.6 is 0 Å². The molecular weight excluding hydrogens is 310 g/mol. The molecule has 3 atom stereocenters. The largest absolute Gasteiger partial charge is 0.496 e. The first-order valence-corrected chi connectivity index (χ1v) is 8.44. The van der Waals surface area contributed by atoms with Crippen LogP contribution in [0.3, 0.4) is 0 Å². The first-order chi connectivity index (χ1) is 11.4. The summed E-state index contributed by atoms with van der Waals surface area (Å²) in [5.74, 6) is -0.784. The van der Waals surface area contributed by atoms with E-state index in [1.165, 1.54) is 7.11 Å². The van der Waals surface area contributed by atoms with Gasteiger partial charge in [0.05, 0.1) is 12.7 Å². The summed E-state index contributed by atoms with van der Waals surface area (Å²) in [6.45, 7) is 6.20. The van der Waals surface area contributed by atoms with Gasteiger partial charge in [0, 0.05) is 18.9 Å². The first-order valence-electron chi connectivity index (χ1n) is 8.44. The molecule has 0 aromatic rings. The van der Waals surface area contributed by atoms with Gasteiger partial charge in [0.25, 0.3) is 5.60 Å². The maximum atomic E-state index is 13.3. The predicted molar refractivity (Wildman–Crippen MR) is 83.7 cm³/mol. The van der Waals surface area contributed by atoms with Crippen molar-refractivity contribution < 1.29 is 23.9 Å². The fraction of sp³-hybridized carbons (Fsp3) is 0.611. The van der Waals surface area contributed by atoms with Crippen molar-refractivity contribution in [2.24, 2.45) is 5.92 Å². The molecule has 0 aromatic carbocycles. The first kappa shape index (κ1) is 15.4. The zero-order valence-corrected chi connectivity index (χ0v) is 14.0. The molecule has 0 bridgehead atoms. The van der Waals surface area contributed by atoms with Crippen LogP contribution in [0.5, 0.6) is 0 Å². The van der Waals surface area contributed by atoms with Crippen LogP contribution in [-0.4, -0.2) is 47.4 Å². The third kappa shape index (κ3) is 1.41. The van der Waals surface area contributed by atoms with E-state index >= 15 is 0 Å². The highest BCUT2D eigenvalue weighted by Crippen LogP contribution is 2.62. The third-order valence-electron chi connectivity index (χ3n) is 6.26. The molecule has 4 rings (SSSR count). The molecule has 0 radical (unpaired) electrons. The second-order valence-corrected chi connectivity index (χ2v) is 7.10. The van der Waals surface area contributed by atoms with Gasteiger partial charge in [-0.2, -0.15) is 0 Å². The van der Waals surface area contributed by atoms with Crippen LogP contribution < -0.4 is 0 Å². The standard InChI is InChI=1S/C18H21NO5/c1-10-12-6-4-5-9-19-13(20)7-8-17(12,19)18(14(10)21)15(23-3)11(2)16(22)24-18/h12H,1,4-9H2,2-3H3/t12-,17+,18+/m0/s1. The molecule has 3 heterocycles. The van der Waals surface area contributed by atoms with Crippen LogP contribution in [0.25, 0.3) is 0 Å². The number of Topliss-reactive ketones (excluding diaryl/α,β-unsaturated/α-hetero) is 1. The number of carbonyl (C=O) groups excluding carboxylic acids is 3. The third-order valence-corrected chi connectivity index (χ3v) is 6.26. The van der Waals surface area contributed by atoms with E-state index in [-0.39, 0.29) is 23.4 Å². The summed E-state index contributed by atoms with van der Waals surface area (Å²) in [5.41, 5.74) is -1.68. The minimum atomic E-state index is -1.55. The number of nitrogens with zero attached hydrogens (tertiary/aromatic N) is 1. The SMILES string of the molecule is C=C1C(=O)[C@]2(OC(=O)C(C)=C2OC)[C@]23CCC(=O)N2CCCC[C@@H]13. The normalized spacial score (nSPS) is 38.6. The van der Waals surface area contributed by atoms with Gasteiger partial charge in [0.1, 0.15) is 5.54 Å². The quantitative estimate of drug-likeness (QED) is 0.538. The minimum absolute atomic E-state index is 0.0137. The van der Waals surface area contributed by atoms with Crippen LogP contribution in [0.4, 0.5) is 0 Å². The summed E-state index contributed by atoms with van der Waals surface area (Å²) in [5, 5.41) is 0. The second kappa shape index (κ2) is 4.71. The molecule has 24 heavy (non-hydrogen) atoms. The number of esters is 1. The zero-order chi connectivity index (χ0) is 17.3. The summed E-state index contributed by atoms with van der Waals surface area (Å²) in [6.07, 6.45) is 3.39. The van der Waals surface area contributed by atoms with Crippen LogP contribution in [0, 0.1) is 5.92 Å². The van der Waals surface area contributed by atoms with E-state index in [2.05, 4.69) is 6.58 Å². The number of hydrogen-bond donors (Lipinski definition) is 0. The molecule has 4 aliphatic rings. The highest BCUT2D eigenvalue weighted by atomic mass is 16.6. The molecular formula is C18H21NO5.